The molecule has 3 aromatic rings. The molecule has 0 radical (unpaired) electrons. The predicted molar refractivity (Wildman–Crippen MR) is 165 cm³/mol. The molecule has 1 aliphatic rings. The summed E-state index contributed by atoms with van der Waals surface area (Å²) in [5.74, 6) is -4.75. The van der Waals surface area contributed by atoms with E-state index in [1.165, 1.54) is 24.0 Å². The predicted octanol–water partition coefficient (Wildman–Crippen LogP) is 3.87. The number of carbonyl (C=O) groups is 4. The summed E-state index contributed by atoms with van der Waals surface area (Å²) in [6.45, 7) is 3.57. The lowest BCUT2D eigenvalue weighted by molar-refractivity contribution is -0.144. The van der Waals surface area contributed by atoms with Gasteiger partial charge in [-0.2, -0.15) is 13.5 Å². The number of rotatable bonds is 16. The number of nitrogens with one attached hydrogen (secondary N) is 1. The van der Waals surface area contributed by atoms with Crippen LogP contribution < -0.4 is 9.50 Å². The van der Waals surface area contributed by atoms with Crippen molar-refractivity contribution < 1.29 is 40.9 Å². The Bertz CT molecular complexity index is 1680. The summed E-state index contributed by atoms with van der Waals surface area (Å²) >= 11 is 0. The summed E-state index contributed by atoms with van der Waals surface area (Å²) in [4.78, 5) is 56.6. The molecule has 0 aliphatic carbocycles. The number of ketones is 1. The van der Waals surface area contributed by atoms with Crippen LogP contribution >= 0.6 is 0 Å². The van der Waals surface area contributed by atoms with Crippen LogP contribution in [0.25, 0.3) is 0 Å². The second-order valence-electron chi connectivity index (χ2n) is 10.6. The molecule has 4 rings (SSSR count). The van der Waals surface area contributed by atoms with Gasteiger partial charge in [0, 0.05) is 25.9 Å². The largest absolute Gasteiger partial charge is 0.382 e. The minimum Gasteiger partial charge on any atom is -0.382 e. The highest BCUT2D eigenvalue weighted by Gasteiger charge is 2.53. The van der Waals surface area contributed by atoms with E-state index >= 15 is 0 Å². The van der Waals surface area contributed by atoms with Gasteiger partial charge in [-0.25, -0.2) is 14.1 Å². The quantitative estimate of drug-likeness (QED) is 0.0794. The summed E-state index contributed by atoms with van der Waals surface area (Å²) < 4.78 is 51.9. The zero-order valence-corrected chi connectivity index (χ0v) is 26.5. The van der Waals surface area contributed by atoms with E-state index in [-0.39, 0.29) is 30.3 Å². The van der Waals surface area contributed by atoms with Crippen LogP contribution in [0.5, 0.6) is 5.75 Å². The number of hydrogen-bond acceptors (Lipinski definition) is 9. The van der Waals surface area contributed by atoms with Crippen molar-refractivity contribution in [1.82, 2.24) is 19.6 Å². The van der Waals surface area contributed by atoms with Crippen LogP contribution in [0.3, 0.4) is 0 Å². The molecular formula is C31H36FN5O8S. The van der Waals surface area contributed by atoms with Gasteiger partial charge in [0.25, 0.3) is 11.8 Å². The van der Waals surface area contributed by atoms with Crippen molar-refractivity contribution in [2.45, 2.75) is 58.3 Å². The number of hydrogen-bond donors (Lipinski definition) is 1. The smallest absolute Gasteiger partial charge is 0.330 e. The van der Waals surface area contributed by atoms with Gasteiger partial charge < -0.3 is 14.2 Å². The fourth-order valence-electron chi connectivity index (χ4n) is 4.86. The number of aromatic nitrogens is 2. The number of anilines is 1. The third-order valence-electron chi connectivity index (χ3n) is 7.09. The van der Waals surface area contributed by atoms with Gasteiger partial charge in [-0.1, -0.05) is 56.5 Å². The highest BCUT2D eigenvalue weighted by Crippen LogP contribution is 2.28. The third kappa shape index (κ3) is 8.14. The Hall–Kier alpha value is -4.63. The summed E-state index contributed by atoms with van der Waals surface area (Å²) in [6.07, 6.45) is 2.83. The molecule has 13 nitrogen and oxygen atoms in total. The van der Waals surface area contributed by atoms with E-state index in [9.17, 15) is 32.0 Å². The van der Waals surface area contributed by atoms with Gasteiger partial charge in [-0.15, -0.1) is 0 Å². The maximum Gasteiger partial charge on any atom is 0.330 e. The van der Waals surface area contributed by atoms with E-state index < -0.39 is 57.5 Å². The average molecular weight is 658 g/mol. The molecule has 1 fully saturated rings. The number of imide groups is 1. The molecular weight excluding hydrogens is 621 g/mol. The first-order valence-corrected chi connectivity index (χ1v) is 16.4. The molecule has 1 aliphatic heterocycles. The van der Waals surface area contributed by atoms with Crippen LogP contribution in [-0.2, 0) is 38.0 Å². The van der Waals surface area contributed by atoms with E-state index in [2.05, 4.69) is 10.4 Å². The highest BCUT2D eigenvalue weighted by molar-refractivity contribution is 7.87. The summed E-state index contributed by atoms with van der Waals surface area (Å²) in [5.41, 5.74) is -0.111. The first kappa shape index (κ1) is 34.2. The highest BCUT2D eigenvalue weighted by atomic mass is 32.2. The van der Waals surface area contributed by atoms with Crippen molar-refractivity contribution in [2.24, 2.45) is 7.05 Å². The van der Waals surface area contributed by atoms with Crippen LogP contribution in [0.2, 0.25) is 0 Å². The van der Waals surface area contributed by atoms with E-state index in [1.54, 1.807) is 37.3 Å². The van der Waals surface area contributed by atoms with Crippen LogP contribution in [0.1, 0.15) is 55.6 Å². The number of Topliss-reactive ketones (excluding diaryl/α,β-unsaturated/α-hetero) is 1. The SMILES string of the molecule is CCCCCCS(=O)(=O)Oc1ccc(F)c(NC(=O)C(C(=O)c2ccn(C)n2)N2C(=O)C(OCC)N(Cc3ccccc3)C2=O)c1. The van der Waals surface area contributed by atoms with Gasteiger partial charge in [0.05, 0.1) is 18.0 Å². The standard InChI is InChI=1S/C31H36FN5O8S/c1-4-6-7-11-18-46(42,43)45-22-14-15-23(32)25(19-22)33-28(39)26(27(38)24-16-17-35(3)34-24)37-29(40)30(44-5-2)36(31(37)41)20-21-12-9-8-10-13-21/h8-10,12-17,19,26,30H,4-7,11,18,20H2,1-3H3,(H,33,39). The molecule has 0 saturated carbocycles. The number of halogens is 1. The van der Waals surface area contributed by atoms with Crippen molar-refractivity contribution in [3.05, 3.63) is 77.9 Å². The van der Waals surface area contributed by atoms with E-state index in [0.29, 0.717) is 23.3 Å². The Morgan fingerprint density at radius 3 is 2.43 bits per heavy atom. The fourth-order valence-corrected chi connectivity index (χ4v) is 5.90. The van der Waals surface area contributed by atoms with Crippen molar-refractivity contribution in [3.8, 4) is 5.75 Å². The Morgan fingerprint density at radius 2 is 1.78 bits per heavy atom. The van der Waals surface area contributed by atoms with E-state index in [1.807, 2.05) is 6.92 Å². The molecule has 1 N–H and O–H groups in total. The molecule has 4 amide bonds. The lowest BCUT2D eigenvalue weighted by Crippen LogP contribution is -2.52. The van der Waals surface area contributed by atoms with Gasteiger partial charge in [0.15, 0.2) is 6.04 Å². The maximum absolute atomic E-state index is 14.9. The fraction of sp³-hybridized carbons (Fsp3) is 0.387. The molecule has 1 aromatic heterocycles. The summed E-state index contributed by atoms with van der Waals surface area (Å²) in [7, 11) is -2.49. The van der Waals surface area contributed by atoms with Gasteiger partial charge in [-0.05, 0) is 37.1 Å². The zero-order chi connectivity index (χ0) is 33.4. The first-order valence-electron chi connectivity index (χ1n) is 14.8. The number of unbranched alkanes of at least 4 members (excludes halogenated alkanes) is 3. The first-order chi connectivity index (χ1) is 22.0. The molecule has 2 unspecified atom stereocenters. The lowest BCUT2D eigenvalue weighted by Gasteiger charge is -2.24. The van der Waals surface area contributed by atoms with Crippen molar-refractivity contribution in [1.29, 1.82) is 0 Å². The zero-order valence-electron chi connectivity index (χ0n) is 25.7. The maximum atomic E-state index is 14.9. The number of nitrogens with zero attached hydrogens (tertiary/aromatic N) is 4. The number of ether oxygens (including phenoxy) is 1. The number of carbonyl (C=O) groups excluding carboxylic acids is 4. The van der Waals surface area contributed by atoms with Crippen molar-refractivity contribution in [3.63, 3.8) is 0 Å². The van der Waals surface area contributed by atoms with Gasteiger partial charge >= 0.3 is 16.1 Å². The van der Waals surface area contributed by atoms with E-state index in [4.69, 9.17) is 8.92 Å². The van der Waals surface area contributed by atoms with Crippen LogP contribution in [0, 0.1) is 5.82 Å². The third-order valence-corrected chi connectivity index (χ3v) is 8.33. The number of benzene rings is 2. The van der Waals surface area contributed by atoms with Crippen molar-refractivity contribution in [2.75, 3.05) is 17.7 Å². The summed E-state index contributed by atoms with van der Waals surface area (Å²) in [6, 6.07) is 9.83. The molecule has 0 spiro atoms. The molecule has 2 heterocycles. The minimum atomic E-state index is -4.02. The molecule has 0 bridgehead atoms. The van der Waals surface area contributed by atoms with Crippen LogP contribution in [0.4, 0.5) is 14.9 Å². The average Bonchev–Trinajstić information content (AvgIpc) is 3.55. The van der Waals surface area contributed by atoms with Gasteiger partial charge in [0.1, 0.15) is 17.3 Å². The Morgan fingerprint density at radius 1 is 1.04 bits per heavy atom. The molecule has 1 saturated heterocycles. The molecule has 2 aromatic carbocycles. The molecule has 15 heteroatoms. The second-order valence-corrected chi connectivity index (χ2v) is 12.3. The van der Waals surface area contributed by atoms with Crippen molar-refractivity contribution >= 4 is 39.4 Å². The molecule has 246 valence electrons. The molecule has 2 atom stereocenters. The lowest BCUT2D eigenvalue weighted by atomic mass is 10.1. The van der Waals surface area contributed by atoms with E-state index in [0.717, 1.165) is 35.9 Å². The summed E-state index contributed by atoms with van der Waals surface area (Å²) in [5, 5.41) is 6.26. The van der Waals surface area contributed by atoms with Crippen LogP contribution in [-0.4, -0.2) is 76.3 Å². The normalized spacial score (nSPS) is 15.7. The Balaban J connectivity index is 1.65. The van der Waals surface area contributed by atoms with Crippen LogP contribution in [0.15, 0.2) is 60.8 Å². The topological polar surface area (TPSA) is 157 Å². The Labute approximate surface area is 266 Å². The number of aryl methyl sites for hydroxylation is 1. The number of amides is 4. The monoisotopic (exact) mass is 657 g/mol. The Kier molecular flexibility index (Phi) is 11.2. The molecule has 46 heavy (non-hydrogen) atoms. The minimum absolute atomic E-state index is 0.0351. The van der Waals surface area contributed by atoms with Gasteiger partial charge in [-0.3, -0.25) is 24.0 Å². The van der Waals surface area contributed by atoms with Gasteiger partial charge in [0.2, 0.25) is 12.0 Å². The number of urea groups is 1. The second kappa shape index (κ2) is 15.1.